The van der Waals surface area contributed by atoms with E-state index in [-0.39, 0.29) is 12.5 Å². The van der Waals surface area contributed by atoms with Crippen LogP contribution in [0.5, 0.6) is 5.88 Å². The Morgan fingerprint density at radius 1 is 1.50 bits per heavy atom. The SMILES string of the molecule is CNC(=O)C#CCc1c[nH]c2ncnc(OCC(C)(C)O)c12. The highest BCUT2D eigenvalue weighted by Crippen LogP contribution is 2.25. The van der Waals surface area contributed by atoms with Gasteiger partial charge >= 0.3 is 0 Å². The number of hydrogen-bond donors (Lipinski definition) is 3. The van der Waals surface area contributed by atoms with Crippen LogP contribution in [0.15, 0.2) is 12.5 Å². The third-order valence-corrected chi connectivity index (χ3v) is 2.79. The third-order valence-electron chi connectivity index (χ3n) is 2.79. The molecule has 0 spiro atoms. The number of aliphatic hydroxyl groups is 1. The van der Waals surface area contributed by atoms with Crippen LogP contribution in [-0.4, -0.2) is 45.2 Å². The summed E-state index contributed by atoms with van der Waals surface area (Å²) in [6, 6.07) is 0. The molecule has 7 nitrogen and oxygen atoms in total. The molecule has 7 heteroatoms. The Kier molecular flexibility index (Phi) is 4.63. The van der Waals surface area contributed by atoms with Crippen LogP contribution in [0, 0.1) is 11.8 Å². The predicted octanol–water partition coefficient (Wildman–Crippen LogP) is 0.399. The molecule has 0 bridgehead atoms. The topological polar surface area (TPSA) is 100 Å². The monoisotopic (exact) mass is 302 g/mol. The van der Waals surface area contributed by atoms with Gasteiger partial charge in [-0.25, -0.2) is 9.97 Å². The van der Waals surface area contributed by atoms with Crippen LogP contribution in [0.2, 0.25) is 0 Å². The fourth-order valence-electron chi connectivity index (χ4n) is 1.77. The second kappa shape index (κ2) is 6.45. The van der Waals surface area contributed by atoms with Crippen molar-refractivity contribution in [3.63, 3.8) is 0 Å². The zero-order valence-corrected chi connectivity index (χ0v) is 12.7. The van der Waals surface area contributed by atoms with E-state index in [1.807, 2.05) is 0 Å². The van der Waals surface area contributed by atoms with E-state index in [9.17, 15) is 9.90 Å². The Morgan fingerprint density at radius 2 is 2.27 bits per heavy atom. The summed E-state index contributed by atoms with van der Waals surface area (Å²) in [4.78, 5) is 22.4. The smallest absolute Gasteiger partial charge is 0.295 e. The molecule has 0 unspecified atom stereocenters. The Balaban J connectivity index is 2.27. The molecule has 0 aliphatic rings. The maximum absolute atomic E-state index is 11.1. The van der Waals surface area contributed by atoms with Crippen LogP contribution in [0.1, 0.15) is 19.4 Å². The van der Waals surface area contributed by atoms with Crippen LogP contribution in [0.4, 0.5) is 0 Å². The average molecular weight is 302 g/mol. The van der Waals surface area contributed by atoms with E-state index < -0.39 is 5.60 Å². The van der Waals surface area contributed by atoms with Crippen LogP contribution in [0.25, 0.3) is 11.0 Å². The van der Waals surface area contributed by atoms with Crippen molar-refractivity contribution in [2.24, 2.45) is 0 Å². The number of fused-ring (bicyclic) bond motifs is 1. The minimum atomic E-state index is -0.966. The first-order valence-corrected chi connectivity index (χ1v) is 6.77. The number of aromatic nitrogens is 3. The zero-order chi connectivity index (χ0) is 16.2. The molecule has 116 valence electrons. The van der Waals surface area contributed by atoms with E-state index in [4.69, 9.17) is 4.74 Å². The van der Waals surface area contributed by atoms with Gasteiger partial charge in [-0.3, -0.25) is 4.79 Å². The lowest BCUT2D eigenvalue weighted by Crippen LogP contribution is -2.28. The van der Waals surface area contributed by atoms with Crippen LogP contribution >= 0.6 is 0 Å². The molecule has 2 heterocycles. The molecular weight excluding hydrogens is 284 g/mol. The number of nitrogens with zero attached hydrogens (tertiary/aromatic N) is 2. The summed E-state index contributed by atoms with van der Waals surface area (Å²) >= 11 is 0. The first-order valence-electron chi connectivity index (χ1n) is 6.77. The second-order valence-corrected chi connectivity index (χ2v) is 5.38. The zero-order valence-electron chi connectivity index (χ0n) is 12.7. The van der Waals surface area contributed by atoms with E-state index >= 15 is 0 Å². The molecular formula is C15H18N4O3. The highest BCUT2D eigenvalue weighted by Gasteiger charge is 2.17. The Hall–Kier alpha value is -2.59. The fraction of sp³-hybridized carbons (Fsp3) is 0.400. The first kappa shape index (κ1) is 15.8. The Bertz CT molecular complexity index is 735. The van der Waals surface area contributed by atoms with Gasteiger partial charge in [0.25, 0.3) is 5.91 Å². The Labute approximate surface area is 128 Å². The number of ether oxygens (including phenoxy) is 1. The highest BCUT2D eigenvalue weighted by atomic mass is 16.5. The lowest BCUT2D eigenvalue weighted by molar-refractivity contribution is -0.115. The van der Waals surface area contributed by atoms with Crippen molar-refractivity contribution >= 4 is 16.9 Å². The van der Waals surface area contributed by atoms with E-state index in [0.29, 0.717) is 23.3 Å². The van der Waals surface area contributed by atoms with Crippen molar-refractivity contribution in [2.75, 3.05) is 13.7 Å². The molecule has 0 aliphatic carbocycles. The molecule has 2 rings (SSSR count). The third kappa shape index (κ3) is 3.96. The number of aromatic amines is 1. The van der Waals surface area contributed by atoms with Crippen LogP contribution in [-0.2, 0) is 11.2 Å². The average Bonchev–Trinajstić information content (AvgIpc) is 2.88. The Morgan fingerprint density at radius 3 is 2.95 bits per heavy atom. The summed E-state index contributed by atoms with van der Waals surface area (Å²) < 4.78 is 5.58. The summed E-state index contributed by atoms with van der Waals surface area (Å²) in [5.41, 5.74) is 0.488. The molecule has 22 heavy (non-hydrogen) atoms. The molecule has 0 saturated carbocycles. The van der Waals surface area contributed by atoms with Gasteiger partial charge in [0, 0.05) is 19.7 Å². The molecule has 0 aliphatic heterocycles. The fourth-order valence-corrected chi connectivity index (χ4v) is 1.77. The van der Waals surface area contributed by atoms with Gasteiger partial charge < -0.3 is 20.1 Å². The number of rotatable bonds is 4. The van der Waals surface area contributed by atoms with E-state index in [2.05, 4.69) is 32.1 Å². The largest absolute Gasteiger partial charge is 0.474 e. The van der Waals surface area contributed by atoms with Crippen LogP contribution in [0.3, 0.4) is 0 Å². The minimum absolute atomic E-state index is 0.105. The molecule has 2 aromatic heterocycles. The van der Waals surface area contributed by atoms with Crippen molar-refractivity contribution < 1.29 is 14.6 Å². The lowest BCUT2D eigenvalue weighted by atomic mass is 10.1. The maximum atomic E-state index is 11.1. The molecule has 0 saturated heterocycles. The quantitative estimate of drug-likeness (QED) is 0.710. The minimum Gasteiger partial charge on any atom is -0.474 e. The summed E-state index contributed by atoms with van der Waals surface area (Å²) in [6.45, 7) is 3.41. The van der Waals surface area contributed by atoms with Crippen molar-refractivity contribution in [1.82, 2.24) is 20.3 Å². The van der Waals surface area contributed by atoms with Gasteiger partial charge in [0.15, 0.2) is 0 Å². The molecule has 0 radical (unpaired) electrons. The van der Waals surface area contributed by atoms with Crippen molar-refractivity contribution in [3.05, 3.63) is 18.1 Å². The van der Waals surface area contributed by atoms with Gasteiger partial charge in [-0.2, -0.15) is 0 Å². The highest BCUT2D eigenvalue weighted by molar-refractivity contribution is 5.93. The summed E-state index contributed by atoms with van der Waals surface area (Å²) in [5.74, 6) is 5.30. The number of carbonyl (C=O) groups excluding carboxylic acids is 1. The van der Waals surface area contributed by atoms with Gasteiger partial charge in [0.2, 0.25) is 5.88 Å². The molecule has 1 amide bonds. The van der Waals surface area contributed by atoms with E-state index in [1.54, 1.807) is 20.0 Å². The summed E-state index contributed by atoms with van der Waals surface area (Å²) in [6.07, 6.45) is 3.51. The van der Waals surface area contributed by atoms with Gasteiger partial charge in [-0.15, -0.1) is 0 Å². The number of H-pyrrole nitrogens is 1. The van der Waals surface area contributed by atoms with Gasteiger partial charge in [-0.1, -0.05) is 5.92 Å². The van der Waals surface area contributed by atoms with Gasteiger partial charge in [-0.05, 0) is 25.3 Å². The first-order chi connectivity index (χ1) is 10.4. The molecule has 0 fully saturated rings. The van der Waals surface area contributed by atoms with Crippen LogP contribution < -0.4 is 10.1 Å². The predicted molar refractivity (Wildman–Crippen MR) is 81.2 cm³/mol. The molecule has 3 N–H and O–H groups in total. The lowest BCUT2D eigenvalue weighted by Gasteiger charge is -2.17. The summed E-state index contributed by atoms with van der Waals surface area (Å²) in [5, 5.41) is 12.9. The van der Waals surface area contributed by atoms with Crippen molar-refractivity contribution in [1.29, 1.82) is 0 Å². The van der Waals surface area contributed by atoms with E-state index in [0.717, 1.165) is 5.56 Å². The number of carbonyl (C=O) groups is 1. The normalized spacial score (nSPS) is 10.9. The molecule has 2 aromatic rings. The summed E-state index contributed by atoms with van der Waals surface area (Å²) in [7, 11) is 1.53. The second-order valence-electron chi connectivity index (χ2n) is 5.38. The van der Waals surface area contributed by atoms with Gasteiger partial charge in [0.1, 0.15) is 18.6 Å². The maximum Gasteiger partial charge on any atom is 0.295 e. The number of nitrogens with one attached hydrogen (secondary N) is 2. The molecule has 0 aromatic carbocycles. The van der Waals surface area contributed by atoms with Crippen molar-refractivity contribution in [2.45, 2.75) is 25.9 Å². The number of hydrogen-bond acceptors (Lipinski definition) is 5. The number of amides is 1. The molecule has 0 atom stereocenters. The van der Waals surface area contributed by atoms with E-state index in [1.165, 1.54) is 13.4 Å². The van der Waals surface area contributed by atoms with Gasteiger partial charge in [0.05, 0.1) is 11.0 Å². The standard InChI is InChI=1S/C15H18N4O3/c1-15(2,21)8-22-14-12-10(5-4-6-11(20)16-3)7-17-13(12)18-9-19-14/h7,9,21H,5,8H2,1-3H3,(H,16,20)(H,17,18,19). The van der Waals surface area contributed by atoms with Crippen molar-refractivity contribution in [3.8, 4) is 17.7 Å².